The van der Waals surface area contributed by atoms with Gasteiger partial charge in [-0.2, -0.15) is 0 Å². The van der Waals surface area contributed by atoms with Crippen LogP contribution < -0.4 is 10.6 Å². The van der Waals surface area contributed by atoms with Crippen LogP contribution in [0.4, 0.5) is 17.1 Å². The van der Waals surface area contributed by atoms with Crippen LogP contribution in [0.2, 0.25) is 0 Å². The van der Waals surface area contributed by atoms with Crippen molar-refractivity contribution in [1.29, 1.82) is 0 Å². The lowest BCUT2D eigenvalue weighted by molar-refractivity contribution is -0.385. The number of anilines is 2. The van der Waals surface area contributed by atoms with Gasteiger partial charge in [0, 0.05) is 29.5 Å². The molecule has 0 spiro atoms. The SMILES string of the molecule is Cc1cc(Nc2cccc3c2CCNC3)ccc1[N+](=O)[O-]. The summed E-state index contributed by atoms with van der Waals surface area (Å²) >= 11 is 0. The van der Waals surface area contributed by atoms with Crippen molar-refractivity contribution in [2.75, 3.05) is 11.9 Å². The zero-order chi connectivity index (χ0) is 14.8. The van der Waals surface area contributed by atoms with Crippen LogP contribution in [0, 0.1) is 17.0 Å². The number of nitro benzene ring substituents is 1. The van der Waals surface area contributed by atoms with E-state index in [-0.39, 0.29) is 10.6 Å². The second-order valence-electron chi connectivity index (χ2n) is 5.25. The maximum Gasteiger partial charge on any atom is 0.272 e. The Hall–Kier alpha value is -2.40. The topological polar surface area (TPSA) is 67.2 Å². The van der Waals surface area contributed by atoms with E-state index < -0.39 is 0 Å². The third-order valence-corrected chi connectivity index (χ3v) is 3.81. The number of nitrogens with zero attached hydrogens (tertiary/aromatic N) is 1. The van der Waals surface area contributed by atoms with Gasteiger partial charge in [0.15, 0.2) is 0 Å². The highest BCUT2D eigenvalue weighted by atomic mass is 16.6. The van der Waals surface area contributed by atoms with Gasteiger partial charge in [-0.25, -0.2) is 0 Å². The molecule has 0 unspecified atom stereocenters. The Morgan fingerprint density at radius 1 is 1.29 bits per heavy atom. The van der Waals surface area contributed by atoms with Crippen molar-refractivity contribution >= 4 is 17.1 Å². The van der Waals surface area contributed by atoms with Gasteiger partial charge in [0.2, 0.25) is 0 Å². The van der Waals surface area contributed by atoms with Crippen molar-refractivity contribution in [3.63, 3.8) is 0 Å². The summed E-state index contributed by atoms with van der Waals surface area (Å²) in [6.45, 7) is 3.63. The number of hydrogen-bond acceptors (Lipinski definition) is 4. The minimum absolute atomic E-state index is 0.153. The summed E-state index contributed by atoms with van der Waals surface area (Å²) in [5, 5.41) is 17.6. The van der Waals surface area contributed by atoms with Crippen LogP contribution in [0.3, 0.4) is 0 Å². The van der Waals surface area contributed by atoms with E-state index in [1.54, 1.807) is 19.1 Å². The van der Waals surface area contributed by atoms with E-state index in [0.717, 1.165) is 30.9 Å². The second kappa shape index (κ2) is 5.54. The van der Waals surface area contributed by atoms with Crippen molar-refractivity contribution in [2.24, 2.45) is 0 Å². The molecule has 2 N–H and O–H groups in total. The van der Waals surface area contributed by atoms with Gasteiger partial charge in [-0.3, -0.25) is 10.1 Å². The van der Waals surface area contributed by atoms with Crippen LogP contribution in [-0.4, -0.2) is 11.5 Å². The fraction of sp³-hybridized carbons (Fsp3) is 0.250. The summed E-state index contributed by atoms with van der Waals surface area (Å²) in [4.78, 5) is 10.5. The van der Waals surface area contributed by atoms with Gasteiger partial charge < -0.3 is 10.6 Å². The molecule has 0 radical (unpaired) electrons. The highest BCUT2D eigenvalue weighted by Gasteiger charge is 2.14. The highest BCUT2D eigenvalue weighted by molar-refractivity contribution is 5.67. The van der Waals surface area contributed by atoms with E-state index in [9.17, 15) is 10.1 Å². The number of hydrogen-bond donors (Lipinski definition) is 2. The molecule has 1 heterocycles. The molecule has 21 heavy (non-hydrogen) atoms. The van der Waals surface area contributed by atoms with Crippen molar-refractivity contribution in [1.82, 2.24) is 5.32 Å². The van der Waals surface area contributed by atoms with Crippen molar-refractivity contribution < 1.29 is 4.92 Å². The number of aryl methyl sites for hydroxylation is 1. The Balaban J connectivity index is 1.91. The zero-order valence-electron chi connectivity index (χ0n) is 11.8. The summed E-state index contributed by atoms with van der Waals surface area (Å²) in [5.74, 6) is 0. The molecule has 0 saturated heterocycles. The first-order chi connectivity index (χ1) is 10.1. The monoisotopic (exact) mass is 283 g/mol. The lowest BCUT2D eigenvalue weighted by atomic mass is 9.99. The molecular weight excluding hydrogens is 266 g/mol. The van der Waals surface area contributed by atoms with E-state index in [1.165, 1.54) is 11.1 Å². The molecule has 0 amide bonds. The van der Waals surface area contributed by atoms with Crippen molar-refractivity contribution in [3.8, 4) is 0 Å². The number of nitrogens with one attached hydrogen (secondary N) is 2. The van der Waals surface area contributed by atoms with Gasteiger partial charge in [-0.1, -0.05) is 12.1 Å². The first-order valence-corrected chi connectivity index (χ1v) is 6.99. The second-order valence-corrected chi connectivity index (χ2v) is 5.25. The summed E-state index contributed by atoms with van der Waals surface area (Å²) in [7, 11) is 0. The zero-order valence-corrected chi connectivity index (χ0v) is 11.8. The number of fused-ring (bicyclic) bond motifs is 1. The summed E-state index contributed by atoms with van der Waals surface area (Å²) in [6.07, 6.45) is 0.991. The first-order valence-electron chi connectivity index (χ1n) is 6.99. The molecule has 1 aliphatic rings. The van der Waals surface area contributed by atoms with Crippen LogP contribution in [-0.2, 0) is 13.0 Å². The molecule has 2 aromatic rings. The third-order valence-electron chi connectivity index (χ3n) is 3.81. The minimum atomic E-state index is -0.352. The van der Waals surface area contributed by atoms with Crippen molar-refractivity contribution in [2.45, 2.75) is 19.9 Å². The average molecular weight is 283 g/mol. The van der Waals surface area contributed by atoms with Crippen molar-refractivity contribution in [3.05, 3.63) is 63.2 Å². The maximum absolute atomic E-state index is 10.9. The molecule has 0 bridgehead atoms. The Kier molecular flexibility index (Phi) is 3.58. The Morgan fingerprint density at radius 2 is 2.14 bits per heavy atom. The third kappa shape index (κ3) is 2.73. The number of nitro groups is 1. The highest BCUT2D eigenvalue weighted by Crippen LogP contribution is 2.28. The molecule has 0 aromatic heterocycles. The molecule has 3 rings (SSSR count). The molecule has 0 saturated carbocycles. The number of rotatable bonds is 3. The molecule has 108 valence electrons. The van der Waals surface area contributed by atoms with E-state index >= 15 is 0 Å². The molecule has 2 aromatic carbocycles. The molecule has 0 aliphatic carbocycles. The van der Waals surface area contributed by atoms with Crippen LogP contribution in [0.15, 0.2) is 36.4 Å². The largest absolute Gasteiger partial charge is 0.355 e. The Morgan fingerprint density at radius 3 is 2.90 bits per heavy atom. The standard InChI is InChI=1S/C16H17N3O2/c1-11-9-13(5-6-16(11)19(20)21)18-15-4-2-3-12-10-17-8-7-14(12)15/h2-6,9,17-18H,7-8,10H2,1H3. The van der Waals surface area contributed by atoms with E-state index in [1.807, 2.05) is 12.1 Å². The predicted octanol–water partition coefficient (Wildman–Crippen LogP) is 3.29. The maximum atomic E-state index is 10.9. The van der Waals surface area contributed by atoms with Crippen LogP contribution in [0.1, 0.15) is 16.7 Å². The lowest BCUT2D eigenvalue weighted by Crippen LogP contribution is -2.24. The number of benzene rings is 2. The molecule has 0 atom stereocenters. The van der Waals surface area contributed by atoms with Gasteiger partial charge in [0.25, 0.3) is 5.69 Å². The van der Waals surface area contributed by atoms with Gasteiger partial charge >= 0.3 is 0 Å². The average Bonchev–Trinajstić information content (AvgIpc) is 2.47. The molecule has 0 fully saturated rings. The lowest BCUT2D eigenvalue weighted by Gasteiger charge is -2.21. The molecule has 5 heteroatoms. The van der Waals surface area contributed by atoms with Gasteiger partial charge in [0.1, 0.15) is 0 Å². The molecule has 1 aliphatic heterocycles. The quantitative estimate of drug-likeness (QED) is 0.670. The van der Waals surface area contributed by atoms with E-state index in [0.29, 0.717) is 5.56 Å². The Labute approximate surface area is 123 Å². The van der Waals surface area contributed by atoms with Gasteiger partial charge in [0.05, 0.1) is 4.92 Å². The van der Waals surface area contributed by atoms with Gasteiger partial charge in [-0.05, 0) is 49.2 Å². The van der Waals surface area contributed by atoms with Crippen LogP contribution >= 0.6 is 0 Å². The van der Waals surface area contributed by atoms with E-state index in [2.05, 4.69) is 22.8 Å². The smallest absolute Gasteiger partial charge is 0.272 e. The summed E-state index contributed by atoms with van der Waals surface area (Å²) in [5.41, 5.74) is 5.42. The van der Waals surface area contributed by atoms with E-state index in [4.69, 9.17) is 0 Å². The first kappa shape index (κ1) is 13.6. The summed E-state index contributed by atoms with van der Waals surface area (Å²) in [6, 6.07) is 11.3. The summed E-state index contributed by atoms with van der Waals surface area (Å²) < 4.78 is 0. The molecular formula is C16H17N3O2. The predicted molar refractivity (Wildman–Crippen MR) is 83.0 cm³/mol. The normalized spacial score (nSPS) is 13.6. The molecule has 5 nitrogen and oxygen atoms in total. The minimum Gasteiger partial charge on any atom is -0.355 e. The van der Waals surface area contributed by atoms with Crippen LogP contribution in [0.5, 0.6) is 0 Å². The fourth-order valence-corrected chi connectivity index (χ4v) is 2.74. The van der Waals surface area contributed by atoms with Gasteiger partial charge in [-0.15, -0.1) is 0 Å². The Bertz CT molecular complexity index is 698. The fourth-order valence-electron chi connectivity index (χ4n) is 2.74. The van der Waals surface area contributed by atoms with Crippen LogP contribution in [0.25, 0.3) is 0 Å².